The highest BCUT2D eigenvalue weighted by Gasteiger charge is 2.11. The molecule has 2 aromatic carbocycles. The minimum Gasteiger partial charge on any atom is -0.491 e. The van der Waals surface area contributed by atoms with Gasteiger partial charge in [0.1, 0.15) is 17.4 Å². The second-order valence-electron chi connectivity index (χ2n) is 6.42. The van der Waals surface area contributed by atoms with Gasteiger partial charge < -0.3 is 15.0 Å². The van der Waals surface area contributed by atoms with Crippen LogP contribution in [0.3, 0.4) is 0 Å². The number of benzene rings is 2. The largest absolute Gasteiger partial charge is 0.491 e. The predicted octanol–water partition coefficient (Wildman–Crippen LogP) is 4.85. The van der Waals surface area contributed by atoms with Crippen molar-refractivity contribution in [1.82, 2.24) is 0 Å². The number of hydrogen-bond donors (Lipinski definition) is 1. The van der Waals surface area contributed by atoms with E-state index in [9.17, 15) is 10.1 Å². The Bertz CT molecular complexity index is 899. The molecule has 0 aliphatic carbocycles. The van der Waals surface area contributed by atoms with Crippen LogP contribution < -0.4 is 15.0 Å². The fraction of sp³-hybridized carbons (Fsp3) is 0.238. The number of carbonyl (C=O) groups excluding carboxylic acids is 1. The molecular formula is C21H22BrN3O2. The Hall–Kier alpha value is -2.78. The first-order chi connectivity index (χ1) is 12.8. The number of ether oxygens (including phenoxy) is 1. The van der Waals surface area contributed by atoms with Crippen LogP contribution in [0.15, 0.2) is 52.5 Å². The summed E-state index contributed by atoms with van der Waals surface area (Å²) in [7, 11) is 3.89. The van der Waals surface area contributed by atoms with Crippen LogP contribution in [0.5, 0.6) is 5.75 Å². The van der Waals surface area contributed by atoms with Crippen molar-refractivity contribution in [3.8, 4) is 11.8 Å². The normalized spacial score (nSPS) is 11.1. The Morgan fingerprint density at radius 1 is 1.26 bits per heavy atom. The zero-order valence-electron chi connectivity index (χ0n) is 15.8. The van der Waals surface area contributed by atoms with E-state index in [0.29, 0.717) is 11.4 Å². The molecule has 0 aromatic heterocycles. The summed E-state index contributed by atoms with van der Waals surface area (Å²) < 4.78 is 6.51. The van der Waals surface area contributed by atoms with Crippen LogP contribution in [-0.2, 0) is 4.79 Å². The molecule has 6 heteroatoms. The van der Waals surface area contributed by atoms with Crippen LogP contribution in [0.25, 0.3) is 6.08 Å². The summed E-state index contributed by atoms with van der Waals surface area (Å²) in [5, 5.41) is 12.1. The van der Waals surface area contributed by atoms with Gasteiger partial charge in [-0.25, -0.2) is 0 Å². The van der Waals surface area contributed by atoms with Gasteiger partial charge in [0.15, 0.2) is 0 Å². The van der Waals surface area contributed by atoms with Crippen molar-refractivity contribution in [1.29, 1.82) is 5.26 Å². The predicted molar refractivity (Wildman–Crippen MR) is 113 cm³/mol. The molecule has 27 heavy (non-hydrogen) atoms. The quantitative estimate of drug-likeness (QED) is 0.528. The molecule has 0 radical (unpaired) electrons. The van der Waals surface area contributed by atoms with Crippen molar-refractivity contribution in [3.05, 3.63) is 58.1 Å². The maximum Gasteiger partial charge on any atom is 0.266 e. The average molecular weight is 428 g/mol. The van der Waals surface area contributed by atoms with Gasteiger partial charge in [0.2, 0.25) is 0 Å². The van der Waals surface area contributed by atoms with E-state index >= 15 is 0 Å². The minimum absolute atomic E-state index is 0.0229. The number of rotatable bonds is 6. The van der Waals surface area contributed by atoms with E-state index in [1.807, 2.05) is 63.2 Å². The summed E-state index contributed by atoms with van der Waals surface area (Å²) in [6, 6.07) is 14.7. The van der Waals surface area contributed by atoms with E-state index in [1.54, 1.807) is 24.3 Å². The van der Waals surface area contributed by atoms with Gasteiger partial charge in [-0.3, -0.25) is 4.79 Å². The standard InChI is InChI=1S/C21H22BrN3O2/c1-14(2)27-18-7-5-6-17(12-18)24-21(26)16(13-23)10-15-8-9-20(25(3)4)19(22)11-15/h5-12,14H,1-4H3,(H,24,26)/b16-10-. The van der Waals surface area contributed by atoms with E-state index in [4.69, 9.17) is 4.74 Å². The molecule has 0 atom stereocenters. The molecule has 0 aliphatic heterocycles. The molecular weight excluding hydrogens is 406 g/mol. The summed E-state index contributed by atoms with van der Waals surface area (Å²) in [4.78, 5) is 14.5. The Labute approximate surface area is 168 Å². The highest BCUT2D eigenvalue weighted by Crippen LogP contribution is 2.27. The van der Waals surface area contributed by atoms with E-state index in [1.165, 1.54) is 0 Å². The van der Waals surface area contributed by atoms with Crippen molar-refractivity contribution >= 4 is 39.3 Å². The molecule has 2 rings (SSSR count). The average Bonchev–Trinajstić information content (AvgIpc) is 2.59. The molecule has 1 amide bonds. The second kappa shape index (κ2) is 9.24. The lowest BCUT2D eigenvalue weighted by Gasteiger charge is -2.14. The van der Waals surface area contributed by atoms with Gasteiger partial charge in [0, 0.05) is 30.3 Å². The summed E-state index contributed by atoms with van der Waals surface area (Å²) in [6.07, 6.45) is 1.60. The highest BCUT2D eigenvalue weighted by molar-refractivity contribution is 9.10. The van der Waals surface area contributed by atoms with Gasteiger partial charge in [-0.2, -0.15) is 5.26 Å². The van der Waals surface area contributed by atoms with Crippen molar-refractivity contribution < 1.29 is 9.53 Å². The number of halogens is 1. The third-order valence-corrected chi connectivity index (χ3v) is 4.23. The molecule has 5 nitrogen and oxygen atoms in total. The number of hydrogen-bond acceptors (Lipinski definition) is 4. The van der Waals surface area contributed by atoms with Gasteiger partial charge in [-0.1, -0.05) is 12.1 Å². The van der Waals surface area contributed by atoms with Gasteiger partial charge in [0.05, 0.1) is 11.8 Å². The van der Waals surface area contributed by atoms with Crippen LogP contribution in [0, 0.1) is 11.3 Å². The van der Waals surface area contributed by atoms with E-state index in [0.717, 1.165) is 15.7 Å². The SMILES string of the molecule is CC(C)Oc1cccc(NC(=O)/C(C#N)=C\c2ccc(N(C)C)c(Br)c2)c1. The molecule has 0 saturated heterocycles. The van der Waals surface area contributed by atoms with Gasteiger partial charge in [0.25, 0.3) is 5.91 Å². The molecule has 140 valence electrons. The van der Waals surface area contributed by atoms with E-state index in [2.05, 4.69) is 21.2 Å². The maximum absolute atomic E-state index is 12.5. The first-order valence-electron chi connectivity index (χ1n) is 8.47. The number of amides is 1. The fourth-order valence-corrected chi connectivity index (χ4v) is 3.16. The molecule has 0 spiro atoms. The van der Waals surface area contributed by atoms with E-state index in [-0.39, 0.29) is 11.7 Å². The molecule has 2 aromatic rings. The number of nitriles is 1. The summed E-state index contributed by atoms with van der Waals surface area (Å²) >= 11 is 3.51. The monoisotopic (exact) mass is 427 g/mol. The van der Waals surface area contributed by atoms with Crippen LogP contribution >= 0.6 is 15.9 Å². The lowest BCUT2D eigenvalue weighted by atomic mass is 10.1. The Kier molecular flexibility index (Phi) is 7.03. The first kappa shape index (κ1) is 20.5. The fourth-order valence-electron chi connectivity index (χ4n) is 2.41. The van der Waals surface area contributed by atoms with Crippen LogP contribution in [0.1, 0.15) is 19.4 Å². The molecule has 0 saturated carbocycles. The van der Waals surface area contributed by atoms with E-state index < -0.39 is 5.91 Å². The molecule has 0 bridgehead atoms. The smallest absolute Gasteiger partial charge is 0.266 e. The number of nitrogens with one attached hydrogen (secondary N) is 1. The lowest BCUT2D eigenvalue weighted by Crippen LogP contribution is -2.14. The number of anilines is 2. The molecule has 1 N–H and O–H groups in total. The third-order valence-electron chi connectivity index (χ3n) is 3.59. The minimum atomic E-state index is -0.466. The second-order valence-corrected chi connectivity index (χ2v) is 7.28. The van der Waals surface area contributed by atoms with Gasteiger partial charge in [-0.15, -0.1) is 0 Å². The van der Waals surface area contributed by atoms with Crippen molar-refractivity contribution in [2.24, 2.45) is 0 Å². The molecule has 0 fully saturated rings. The molecule has 0 unspecified atom stereocenters. The molecule has 0 aliphatic rings. The zero-order valence-corrected chi connectivity index (χ0v) is 17.4. The van der Waals surface area contributed by atoms with Gasteiger partial charge in [-0.05, 0) is 65.7 Å². The Balaban J connectivity index is 2.20. The third kappa shape index (κ3) is 5.87. The summed E-state index contributed by atoms with van der Waals surface area (Å²) in [5.74, 6) is 0.195. The maximum atomic E-state index is 12.5. The topological polar surface area (TPSA) is 65.4 Å². The van der Waals surface area contributed by atoms with Crippen LogP contribution in [-0.4, -0.2) is 26.1 Å². The Morgan fingerprint density at radius 2 is 2.00 bits per heavy atom. The van der Waals surface area contributed by atoms with Crippen molar-refractivity contribution in [2.75, 3.05) is 24.3 Å². The zero-order chi connectivity index (χ0) is 20.0. The first-order valence-corrected chi connectivity index (χ1v) is 9.26. The lowest BCUT2D eigenvalue weighted by molar-refractivity contribution is -0.112. The number of carbonyl (C=O) groups is 1. The van der Waals surface area contributed by atoms with Crippen molar-refractivity contribution in [3.63, 3.8) is 0 Å². The summed E-state index contributed by atoms with van der Waals surface area (Å²) in [6.45, 7) is 3.86. The summed E-state index contributed by atoms with van der Waals surface area (Å²) in [5.41, 5.74) is 2.37. The Morgan fingerprint density at radius 3 is 2.59 bits per heavy atom. The van der Waals surface area contributed by atoms with Gasteiger partial charge >= 0.3 is 0 Å². The number of nitrogens with zero attached hydrogens (tertiary/aromatic N) is 2. The highest BCUT2D eigenvalue weighted by atomic mass is 79.9. The van der Waals surface area contributed by atoms with Crippen LogP contribution in [0.2, 0.25) is 0 Å². The van der Waals surface area contributed by atoms with Crippen molar-refractivity contribution in [2.45, 2.75) is 20.0 Å². The van der Waals surface area contributed by atoms with Crippen LogP contribution in [0.4, 0.5) is 11.4 Å². The molecule has 0 heterocycles.